The van der Waals surface area contributed by atoms with Crippen LogP contribution in [0.25, 0.3) is 6.08 Å². The Morgan fingerprint density at radius 1 is 0.903 bits per heavy atom. The minimum Gasteiger partial charge on any atom is -0.333 e. The highest BCUT2D eigenvalue weighted by Crippen LogP contribution is 2.42. The Bertz CT molecular complexity index is 1160. The molecule has 0 bridgehead atoms. The van der Waals surface area contributed by atoms with E-state index >= 15 is 0 Å². The fourth-order valence-electron chi connectivity index (χ4n) is 4.33. The summed E-state index contributed by atoms with van der Waals surface area (Å²) in [6.45, 7) is 0. The minimum atomic E-state index is -0.179. The van der Waals surface area contributed by atoms with Gasteiger partial charge in [-0.1, -0.05) is 88.7 Å². The Balaban J connectivity index is 1.62. The van der Waals surface area contributed by atoms with Crippen molar-refractivity contribution in [2.45, 2.75) is 18.5 Å². The lowest BCUT2D eigenvalue weighted by atomic mass is 10.00. The number of amides is 1. The number of carbonyl (C=O) groups excluding carboxylic acids is 1. The highest BCUT2D eigenvalue weighted by Gasteiger charge is 2.45. The molecule has 3 aromatic carbocycles. The summed E-state index contributed by atoms with van der Waals surface area (Å²) in [5.41, 5.74) is 4.19. The van der Waals surface area contributed by atoms with Crippen molar-refractivity contribution in [3.05, 3.63) is 112 Å². The number of aliphatic imine (C=N–C) groups is 1. The maximum absolute atomic E-state index is 13.4. The molecule has 2 aliphatic rings. The van der Waals surface area contributed by atoms with Crippen molar-refractivity contribution in [1.82, 2.24) is 9.80 Å². The number of benzene rings is 3. The summed E-state index contributed by atoms with van der Waals surface area (Å²) >= 11 is 3.48. The lowest BCUT2D eigenvalue weighted by molar-refractivity contribution is -0.126. The molecular formula is C26H22BrN3O. The van der Waals surface area contributed by atoms with E-state index in [0.29, 0.717) is 12.4 Å². The predicted octanol–water partition coefficient (Wildman–Crippen LogP) is 5.81. The molecule has 31 heavy (non-hydrogen) atoms. The van der Waals surface area contributed by atoms with Gasteiger partial charge in [-0.25, -0.2) is 4.99 Å². The van der Waals surface area contributed by atoms with Crippen LogP contribution in [0, 0.1) is 0 Å². The van der Waals surface area contributed by atoms with Crippen LogP contribution in [0.2, 0.25) is 0 Å². The van der Waals surface area contributed by atoms with Crippen molar-refractivity contribution in [2.75, 3.05) is 7.05 Å². The van der Waals surface area contributed by atoms with Gasteiger partial charge in [0, 0.05) is 11.5 Å². The SMILES string of the molecule is CN1C2=N[C@H](c3ccc(Br)cc3)CC(=O)N2/C(=C\c2ccccc2)[C@@H]1c1ccccc1. The van der Waals surface area contributed by atoms with E-state index in [9.17, 15) is 4.79 Å². The van der Waals surface area contributed by atoms with Gasteiger partial charge in [0.25, 0.3) is 0 Å². The summed E-state index contributed by atoms with van der Waals surface area (Å²) in [7, 11) is 2.02. The fourth-order valence-corrected chi connectivity index (χ4v) is 4.59. The molecule has 0 radical (unpaired) electrons. The molecule has 0 aromatic heterocycles. The average Bonchev–Trinajstić information content (AvgIpc) is 3.07. The van der Waals surface area contributed by atoms with Crippen molar-refractivity contribution in [3.63, 3.8) is 0 Å². The zero-order valence-electron chi connectivity index (χ0n) is 17.1. The van der Waals surface area contributed by atoms with Crippen LogP contribution in [0.5, 0.6) is 0 Å². The second kappa shape index (κ2) is 8.16. The van der Waals surface area contributed by atoms with Crippen LogP contribution in [0.3, 0.4) is 0 Å². The standard InChI is InChI=1S/C26H22BrN3O/c1-29-25(20-10-6-3-7-11-20)23(16-18-8-4-2-5-9-18)30-24(31)17-22(28-26(29)30)19-12-14-21(27)15-13-19/h2-16,22,25H,17H2,1H3/b23-16-/t22-,25-/m0/s1. The van der Waals surface area contributed by atoms with E-state index in [-0.39, 0.29) is 18.0 Å². The largest absolute Gasteiger partial charge is 0.333 e. The summed E-state index contributed by atoms with van der Waals surface area (Å²) in [5, 5.41) is 0. The normalized spacial score (nSPS) is 21.9. The van der Waals surface area contributed by atoms with Gasteiger partial charge in [-0.2, -0.15) is 0 Å². The van der Waals surface area contributed by atoms with Crippen molar-refractivity contribution >= 4 is 33.9 Å². The van der Waals surface area contributed by atoms with E-state index < -0.39 is 0 Å². The highest BCUT2D eigenvalue weighted by molar-refractivity contribution is 9.10. The van der Waals surface area contributed by atoms with Crippen LogP contribution in [-0.2, 0) is 4.79 Å². The maximum Gasteiger partial charge on any atom is 0.236 e. The summed E-state index contributed by atoms with van der Waals surface area (Å²) in [5.74, 6) is 0.783. The van der Waals surface area contributed by atoms with Crippen LogP contribution >= 0.6 is 15.9 Å². The maximum atomic E-state index is 13.4. The summed E-state index contributed by atoms with van der Waals surface area (Å²) in [6.07, 6.45) is 2.46. The van der Waals surface area contributed by atoms with E-state index in [2.05, 4.69) is 51.2 Å². The number of hydrogen-bond acceptors (Lipinski definition) is 3. The Morgan fingerprint density at radius 3 is 2.23 bits per heavy atom. The van der Waals surface area contributed by atoms with Gasteiger partial charge in [-0.15, -0.1) is 0 Å². The molecule has 5 rings (SSSR count). The molecule has 1 amide bonds. The van der Waals surface area contributed by atoms with Crippen molar-refractivity contribution in [1.29, 1.82) is 0 Å². The number of carbonyl (C=O) groups is 1. The number of guanidine groups is 1. The van der Waals surface area contributed by atoms with Crippen LogP contribution in [0.4, 0.5) is 0 Å². The van der Waals surface area contributed by atoms with E-state index in [0.717, 1.165) is 26.9 Å². The van der Waals surface area contributed by atoms with Gasteiger partial charge in [0.2, 0.25) is 11.9 Å². The Kier molecular flexibility index (Phi) is 5.20. The molecule has 2 aliphatic heterocycles. The predicted molar refractivity (Wildman–Crippen MR) is 127 cm³/mol. The minimum absolute atomic E-state index is 0.0744. The Morgan fingerprint density at radius 2 is 1.55 bits per heavy atom. The highest BCUT2D eigenvalue weighted by atomic mass is 79.9. The molecule has 1 fully saturated rings. The summed E-state index contributed by atoms with van der Waals surface area (Å²) in [6, 6.07) is 28.3. The first-order chi connectivity index (χ1) is 15.1. The first-order valence-electron chi connectivity index (χ1n) is 10.3. The monoisotopic (exact) mass is 471 g/mol. The third kappa shape index (κ3) is 3.70. The number of rotatable bonds is 3. The molecule has 154 valence electrons. The van der Waals surface area contributed by atoms with Gasteiger partial charge < -0.3 is 4.90 Å². The van der Waals surface area contributed by atoms with E-state index in [1.54, 1.807) is 4.90 Å². The number of fused-ring (bicyclic) bond motifs is 1. The van der Waals surface area contributed by atoms with E-state index in [1.165, 1.54) is 0 Å². The van der Waals surface area contributed by atoms with Gasteiger partial charge in [-0.3, -0.25) is 9.69 Å². The molecule has 1 saturated heterocycles. The molecule has 2 atom stereocenters. The van der Waals surface area contributed by atoms with E-state index in [1.807, 2.05) is 67.7 Å². The second-order valence-corrected chi connectivity index (χ2v) is 8.75. The van der Waals surface area contributed by atoms with E-state index in [4.69, 9.17) is 4.99 Å². The molecule has 0 N–H and O–H groups in total. The van der Waals surface area contributed by atoms with Crippen LogP contribution in [0.15, 0.2) is 100 Å². The number of likely N-dealkylation sites (N-methyl/N-ethyl adjacent to an activating group) is 1. The molecule has 0 unspecified atom stereocenters. The molecule has 0 aliphatic carbocycles. The van der Waals surface area contributed by atoms with Crippen LogP contribution < -0.4 is 0 Å². The first-order valence-corrected chi connectivity index (χ1v) is 11.1. The average molecular weight is 472 g/mol. The zero-order chi connectivity index (χ0) is 21.4. The molecule has 0 saturated carbocycles. The van der Waals surface area contributed by atoms with Crippen molar-refractivity contribution in [2.24, 2.45) is 4.99 Å². The third-order valence-corrected chi connectivity index (χ3v) is 6.34. The second-order valence-electron chi connectivity index (χ2n) is 7.83. The number of hydrogen-bond donors (Lipinski definition) is 0. The van der Waals surface area contributed by atoms with Gasteiger partial charge >= 0.3 is 0 Å². The molecule has 5 heteroatoms. The summed E-state index contributed by atoms with van der Waals surface area (Å²) in [4.78, 5) is 22.4. The summed E-state index contributed by atoms with van der Waals surface area (Å²) < 4.78 is 1.02. The van der Waals surface area contributed by atoms with Crippen molar-refractivity contribution < 1.29 is 4.79 Å². The van der Waals surface area contributed by atoms with Crippen LogP contribution in [0.1, 0.15) is 35.2 Å². The molecule has 3 aromatic rings. The Labute approximate surface area is 190 Å². The lowest BCUT2D eigenvalue weighted by Gasteiger charge is -2.28. The molecular weight excluding hydrogens is 450 g/mol. The lowest BCUT2D eigenvalue weighted by Crippen LogP contribution is -2.40. The topological polar surface area (TPSA) is 35.9 Å². The van der Waals surface area contributed by atoms with Crippen LogP contribution in [-0.4, -0.2) is 28.7 Å². The van der Waals surface area contributed by atoms with Gasteiger partial charge in [0.15, 0.2) is 0 Å². The molecule has 0 spiro atoms. The Hall–Kier alpha value is -3.18. The zero-order valence-corrected chi connectivity index (χ0v) is 18.7. The first kappa shape index (κ1) is 19.8. The number of nitrogens with zero attached hydrogens (tertiary/aromatic N) is 3. The van der Waals surface area contributed by atoms with Crippen molar-refractivity contribution in [3.8, 4) is 0 Å². The number of halogens is 1. The third-order valence-electron chi connectivity index (χ3n) is 5.81. The fraction of sp³-hybridized carbons (Fsp3) is 0.154. The quantitative estimate of drug-likeness (QED) is 0.483. The smallest absolute Gasteiger partial charge is 0.236 e. The van der Waals surface area contributed by atoms with Gasteiger partial charge in [0.1, 0.15) is 0 Å². The van der Waals surface area contributed by atoms with Gasteiger partial charge in [0.05, 0.1) is 24.2 Å². The molecule has 4 nitrogen and oxygen atoms in total. The molecule has 2 heterocycles. The van der Waals surface area contributed by atoms with Gasteiger partial charge in [-0.05, 0) is 34.9 Å².